The highest BCUT2D eigenvalue weighted by atomic mass is 32.2. The lowest BCUT2D eigenvalue weighted by atomic mass is 9.92. The molecule has 24 heavy (non-hydrogen) atoms. The number of carbonyl (C=O) groups is 1. The van der Waals surface area contributed by atoms with Gasteiger partial charge in [-0.15, -0.1) is 23.1 Å². The van der Waals surface area contributed by atoms with Crippen LogP contribution < -0.4 is 0 Å². The summed E-state index contributed by atoms with van der Waals surface area (Å²) >= 11 is 3.60. The minimum Gasteiger partial charge on any atom is -0.469 e. The van der Waals surface area contributed by atoms with Gasteiger partial charge in [-0.3, -0.25) is 4.79 Å². The highest BCUT2D eigenvalue weighted by Gasteiger charge is 2.51. The molecule has 2 aromatic rings. The Morgan fingerprint density at radius 3 is 3.00 bits per heavy atom. The highest BCUT2D eigenvalue weighted by Crippen LogP contribution is 2.46. The molecule has 2 aromatic heterocycles. The lowest BCUT2D eigenvalue weighted by Gasteiger charge is -2.47. The summed E-state index contributed by atoms with van der Waals surface area (Å²) in [5, 5.41) is 3.14. The molecule has 0 aromatic carbocycles. The number of aromatic nitrogens is 1. The third-order valence-electron chi connectivity index (χ3n) is 4.64. The number of thiazole rings is 1. The molecule has 1 atom stereocenters. The van der Waals surface area contributed by atoms with E-state index in [9.17, 15) is 4.79 Å². The second-order valence-corrected chi connectivity index (χ2v) is 9.09. The number of aryl methyl sites for hydroxylation is 2. The Bertz CT molecular complexity index is 749. The van der Waals surface area contributed by atoms with Crippen LogP contribution in [0.3, 0.4) is 0 Å². The second-order valence-electron chi connectivity index (χ2n) is 6.54. The maximum Gasteiger partial charge on any atom is 0.257 e. The van der Waals surface area contributed by atoms with E-state index in [1.807, 2.05) is 30.5 Å². The van der Waals surface area contributed by atoms with Crippen molar-refractivity contribution in [3.8, 4) is 0 Å². The molecule has 2 aliphatic heterocycles. The van der Waals surface area contributed by atoms with Crippen molar-refractivity contribution in [2.24, 2.45) is 0 Å². The molecule has 4 rings (SSSR count). The van der Waals surface area contributed by atoms with Crippen LogP contribution >= 0.6 is 23.1 Å². The minimum absolute atomic E-state index is 0.0785. The van der Waals surface area contributed by atoms with E-state index in [0.29, 0.717) is 17.9 Å². The SMILES string of the molecule is Cc1nc(COC2CSC3(C2)CN(C(=O)c2ccoc2C)C3)cs1. The van der Waals surface area contributed by atoms with Crippen molar-refractivity contribution in [3.63, 3.8) is 0 Å². The maximum atomic E-state index is 12.5. The summed E-state index contributed by atoms with van der Waals surface area (Å²) in [6, 6.07) is 1.76. The van der Waals surface area contributed by atoms with Gasteiger partial charge in [0.25, 0.3) is 5.91 Å². The van der Waals surface area contributed by atoms with Crippen LogP contribution in [0.15, 0.2) is 22.1 Å². The molecule has 4 heterocycles. The van der Waals surface area contributed by atoms with Crippen molar-refractivity contribution in [3.05, 3.63) is 39.7 Å². The maximum absolute atomic E-state index is 12.5. The Balaban J connectivity index is 1.28. The van der Waals surface area contributed by atoms with Crippen molar-refractivity contribution >= 4 is 29.0 Å². The molecule has 1 spiro atoms. The van der Waals surface area contributed by atoms with Gasteiger partial charge in [0.15, 0.2) is 0 Å². The van der Waals surface area contributed by atoms with Crippen LogP contribution in [0.4, 0.5) is 0 Å². The lowest BCUT2D eigenvalue weighted by Crippen LogP contribution is -2.60. The Morgan fingerprint density at radius 1 is 1.50 bits per heavy atom. The number of thioether (sulfide) groups is 1. The van der Waals surface area contributed by atoms with Gasteiger partial charge in [0.1, 0.15) is 5.76 Å². The van der Waals surface area contributed by atoms with E-state index in [1.165, 1.54) is 0 Å². The lowest BCUT2D eigenvalue weighted by molar-refractivity contribution is 0.0246. The average Bonchev–Trinajstić information content (AvgIpc) is 3.22. The van der Waals surface area contributed by atoms with E-state index in [-0.39, 0.29) is 16.8 Å². The van der Waals surface area contributed by atoms with Gasteiger partial charge in [0.2, 0.25) is 0 Å². The Kier molecular flexibility index (Phi) is 4.18. The molecule has 0 bridgehead atoms. The topological polar surface area (TPSA) is 55.6 Å². The predicted octanol–water partition coefficient (Wildman–Crippen LogP) is 3.27. The molecular weight excluding hydrogens is 344 g/mol. The molecule has 128 valence electrons. The fraction of sp³-hybridized carbons (Fsp3) is 0.529. The van der Waals surface area contributed by atoms with E-state index in [2.05, 4.69) is 10.4 Å². The van der Waals surface area contributed by atoms with Gasteiger partial charge in [0, 0.05) is 24.2 Å². The Labute approximate surface area is 149 Å². The molecule has 2 fully saturated rings. The van der Waals surface area contributed by atoms with E-state index in [4.69, 9.17) is 9.15 Å². The molecule has 2 aliphatic rings. The quantitative estimate of drug-likeness (QED) is 0.833. The summed E-state index contributed by atoms with van der Waals surface area (Å²) in [7, 11) is 0. The molecule has 0 aliphatic carbocycles. The predicted molar refractivity (Wildman–Crippen MR) is 94.6 cm³/mol. The minimum atomic E-state index is 0.0785. The summed E-state index contributed by atoms with van der Waals surface area (Å²) in [6.07, 6.45) is 2.84. The van der Waals surface area contributed by atoms with Crippen molar-refractivity contribution in [1.29, 1.82) is 0 Å². The second kappa shape index (κ2) is 6.20. The molecule has 0 saturated carbocycles. The van der Waals surface area contributed by atoms with Crippen molar-refractivity contribution in [1.82, 2.24) is 9.88 Å². The van der Waals surface area contributed by atoms with Crippen LogP contribution in [-0.2, 0) is 11.3 Å². The third-order valence-corrected chi connectivity index (χ3v) is 7.04. The first kappa shape index (κ1) is 16.2. The molecule has 0 radical (unpaired) electrons. The van der Waals surface area contributed by atoms with E-state index >= 15 is 0 Å². The average molecular weight is 364 g/mol. The summed E-state index contributed by atoms with van der Waals surface area (Å²) < 4.78 is 11.4. The summed E-state index contributed by atoms with van der Waals surface area (Å²) in [4.78, 5) is 18.8. The van der Waals surface area contributed by atoms with Crippen molar-refractivity contribution in [2.45, 2.75) is 37.7 Å². The van der Waals surface area contributed by atoms with E-state index in [1.54, 1.807) is 23.7 Å². The number of carbonyl (C=O) groups excluding carboxylic acids is 1. The number of ether oxygens (including phenoxy) is 1. The summed E-state index contributed by atoms with van der Waals surface area (Å²) in [5.74, 6) is 1.77. The molecule has 2 saturated heterocycles. The fourth-order valence-electron chi connectivity index (χ4n) is 3.38. The molecule has 1 unspecified atom stereocenters. The molecular formula is C17H20N2O3S2. The number of rotatable bonds is 4. The number of likely N-dealkylation sites (tertiary alicyclic amines) is 1. The van der Waals surface area contributed by atoms with E-state index in [0.717, 1.165) is 36.0 Å². The van der Waals surface area contributed by atoms with Crippen LogP contribution in [0, 0.1) is 13.8 Å². The summed E-state index contributed by atoms with van der Waals surface area (Å²) in [6.45, 7) is 6.03. The largest absolute Gasteiger partial charge is 0.469 e. The van der Waals surface area contributed by atoms with Crippen LogP contribution in [0.1, 0.15) is 33.2 Å². The van der Waals surface area contributed by atoms with Gasteiger partial charge in [-0.25, -0.2) is 4.98 Å². The first-order valence-electron chi connectivity index (χ1n) is 8.05. The number of nitrogens with zero attached hydrogens (tertiary/aromatic N) is 2. The van der Waals surface area contributed by atoms with Crippen molar-refractivity contribution in [2.75, 3.05) is 18.8 Å². The van der Waals surface area contributed by atoms with Crippen LogP contribution in [0.5, 0.6) is 0 Å². The normalized spacial score (nSPS) is 22.1. The standard InChI is InChI=1S/C17H20N2O3S2/c1-11-15(3-4-21-11)16(20)19-9-17(10-19)5-14(8-24-17)22-6-13-7-23-12(2)18-13/h3-4,7,14H,5-6,8-10H2,1-2H3. The Morgan fingerprint density at radius 2 is 2.33 bits per heavy atom. The Hall–Kier alpha value is -1.31. The van der Waals surface area contributed by atoms with E-state index < -0.39 is 0 Å². The molecule has 5 nitrogen and oxygen atoms in total. The molecule has 7 heteroatoms. The zero-order valence-corrected chi connectivity index (χ0v) is 15.4. The van der Waals surface area contributed by atoms with Crippen LogP contribution in [-0.4, -0.2) is 45.5 Å². The smallest absolute Gasteiger partial charge is 0.257 e. The zero-order valence-electron chi connectivity index (χ0n) is 13.8. The molecule has 0 N–H and O–H groups in total. The molecule has 1 amide bonds. The van der Waals surface area contributed by atoms with Crippen LogP contribution in [0.25, 0.3) is 0 Å². The van der Waals surface area contributed by atoms with Crippen LogP contribution in [0.2, 0.25) is 0 Å². The fourth-order valence-corrected chi connectivity index (χ4v) is 5.53. The first-order chi connectivity index (χ1) is 11.5. The first-order valence-corrected chi connectivity index (χ1v) is 9.91. The van der Waals surface area contributed by atoms with Gasteiger partial charge in [-0.1, -0.05) is 0 Å². The number of hydrogen-bond donors (Lipinski definition) is 0. The summed E-state index contributed by atoms with van der Waals surface area (Å²) in [5.41, 5.74) is 1.70. The van der Waals surface area contributed by atoms with Crippen molar-refractivity contribution < 1.29 is 13.9 Å². The highest BCUT2D eigenvalue weighted by molar-refractivity contribution is 8.01. The zero-order chi connectivity index (χ0) is 16.7. The number of hydrogen-bond acceptors (Lipinski definition) is 6. The van der Waals surface area contributed by atoms with Gasteiger partial charge in [-0.05, 0) is 26.3 Å². The third kappa shape index (κ3) is 3.00. The monoisotopic (exact) mass is 364 g/mol. The van der Waals surface area contributed by atoms with Gasteiger partial charge >= 0.3 is 0 Å². The van der Waals surface area contributed by atoms with Gasteiger partial charge in [-0.2, -0.15) is 0 Å². The van der Waals surface area contributed by atoms with Gasteiger partial charge in [0.05, 0.1) is 40.0 Å². The number of furan rings is 1. The van der Waals surface area contributed by atoms with Gasteiger partial charge < -0.3 is 14.1 Å². The number of amides is 1.